The van der Waals surface area contributed by atoms with Gasteiger partial charge in [-0.15, -0.1) is 0 Å². The van der Waals surface area contributed by atoms with Crippen molar-refractivity contribution in [2.24, 2.45) is 0 Å². The largest absolute Gasteiger partial charge is 0.509 e. The predicted molar refractivity (Wildman–Crippen MR) is 61.8 cm³/mol. The number of rotatable bonds is 5. The summed E-state index contributed by atoms with van der Waals surface area (Å²) in [7, 11) is 0. The highest BCUT2D eigenvalue weighted by Gasteiger charge is 2.36. The van der Waals surface area contributed by atoms with Crippen LogP contribution in [0, 0.1) is 0 Å². The zero-order valence-electron chi connectivity index (χ0n) is 10.7. The van der Waals surface area contributed by atoms with Crippen molar-refractivity contribution in [3.63, 3.8) is 0 Å². The predicted octanol–water partition coefficient (Wildman–Crippen LogP) is 1.17. The van der Waals surface area contributed by atoms with Gasteiger partial charge in [0.25, 0.3) is 0 Å². The zero-order valence-corrected chi connectivity index (χ0v) is 10.7. The van der Waals surface area contributed by atoms with Crippen LogP contribution < -0.4 is 0 Å². The normalized spacial score (nSPS) is 25.3. The van der Waals surface area contributed by atoms with Gasteiger partial charge in [-0.1, -0.05) is 0 Å². The number of carbonyl (C=O) groups is 2. The van der Waals surface area contributed by atoms with E-state index in [0.29, 0.717) is 5.57 Å². The van der Waals surface area contributed by atoms with Crippen LogP contribution in [0.2, 0.25) is 0 Å². The molecule has 0 saturated carbocycles. The summed E-state index contributed by atoms with van der Waals surface area (Å²) in [6.07, 6.45) is -0.931. The Labute approximate surface area is 106 Å². The fraction of sp³-hybridized carbons (Fsp3) is 0.667. The topological polar surface area (TPSA) is 82.1 Å². The van der Waals surface area contributed by atoms with E-state index in [1.54, 1.807) is 20.8 Å². The van der Waals surface area contributed by atoms with Crippen LogP contribution in [0.5, 0.6) is 0 Å². The lowest BCUT2D eigenvalue weighted by atomic mass is 10.1. The van der Waals surface area contributed by atoms with Gasteiger partial charge in [-0.25, -0.2) is 9.59 Å². The van der Waals surface area contributed by atoms with Crippen LogP contribution in [-0.4, -0.2) is 42.1 Å². The molecule has 0 amide bonds. The Bertz CT molecular complexity index is 346. The first kappa shape index (κ1) is 14.5. The van der Waals surface area contributed by atoms with Gasteiger partial charge in [0.15, 0.2) is 6.10 Å². The monoisotopic (exact) mass is 258 g/mol. The molecule has 1 saturated heterocycles. The molecule has 1 aliphatic heterocycles. The fourth-order valence-electron chi connectivity index (χ4n) is 1.62. The van der Waals surface area contributed by atoms with E-state index in [1.807, 2.05) is 0 Å². The summed E-state index contributed by atoms with van der Waals surface area (Å²) in [5.41, 5.74) is 0.343. The molecule has 1 N–H and O–H groups in total. The van der Waals surface area contributed by atoms with Gasteiger partial charge in [0.05, 0.1) is 12.7 Å². The van der Waals surface area contributed by atoms with Crippen molar-refractivity contribution in [1.82, 2.24) is 0 Å². The Kier molecular flexibility index (Phi) is 5.15. The van der Waals surface area contributed by atoms with E-state index in [2.05, 4.69) is 0 Å². The van der Waals surface area contributed by atoms with Crippen molar-refractivity contribution in [2.75, 3.05) is 6.61 Å². The van der Waals surface area contributed by atoms with Crippen LogP contribution in [0.15, 0.2) is 11.6 Å². The summed E-state index contributed by atoms with van der Waals surface area (Å²) in [5.74, 6) is -0.462. The molecule has 1 aliphatic rings. The average Bonchev–Trinajstić information content (AvgIpc) is 2.58. The van der Waals surface area contributed by atoms with E-state index in [1.165, 1.54) is 6.08 Å². The summed E-state index contributed by atoms with van der Waals surface area (Å²) < 4.78 is 14.6. The number of ether oxygens (including phenoxy) is 3. The molecular formula is C12H18O6. The molecule has 6 heteroatoms. The molecule has 1 rings (SSSR count). The summed E-state index contributed by atoms with van der Waals surface area (Å²) in [4.78, 5) is 22.5. The maximum Gasteiger partial charge on any atom is 0.509 e. The fourth-order valence-corrected chi connectivity index (χ4v) is 1.62. The first-order valence-electron chi connectivity index (χ1n) is 5.85. The Hall–Kier alpha value is -1.56. The van der Waals surface area contributed by atoms with Crippen molar-refractivity contribution in [3.8, 4) is 0 Å². The van der Waals surface area contributed by atoms with Crippen LogP contribution >= 0.6 is 0 Å². The number of esters is 1. The Morgan fingerprint density at radius 1 is 1.56 bits per heavy atom. The maximum absolute atomic E-state index is 11.4. The lowest BCUT2D eigenvalue weighted by Crippen LogP contribution is -2.25. The molecule has 1 fully saturated rings. The van der Waals surface area contributed by atoms with Gasteiger partial charge in [0.2, 0.25) is 0 Å². The first-order chi connectivity index (χ1) is 8.43. The highest BCUT2D eigenvalue weighted by Crippen LogP contribution is 2.22. The maximum atomic E-state index is 11.4. The van der Waals surface area contributed by atoms with E-state index in [4.69, 9.17) is 14.2 Å². The van der Waals surface area contributed by atoms with E-state index < -0.39 is 30.4 Å². The SMILES string of the molecule is CCOC(=O)/C(C)=C/[C@@H]1OC(=O)O[C@H]1C[C@H](C)O. The van der Waals surface area contributed by atoms with E-state index in [9.17, 15) is 14.7 Å². The second-order valence-corrected chi connectivity index (χ2v) is 4.14. The summed E-state index contributed by atoms with van der Waals surface area (Å²) in [6.45, 7) is 5.15. The van der Waals surface area contributed by atoms with Gasteiger partial charge in [0, 0.05) is 12.0 Å². The molecule has 0 aromatic heterocycles. The molecule has 18 heavy (non-hydrogen) atoms. The quantitative estimate of drug-likeness (QED) is 0.589. The Balaban J connectivity index is 2.70. The summed E-state index contributed by atoms with van der Waals surface area (Å²) in [5, 5.41) is 9.29. The lowest BCUT2D eigenvalue weighted by molar-refractivity contribution is -0.138. The number of hydrogen-bond donors (Lipinski definition) is 1. The summed E-state index contributed by atoms with van der Waals surface area (Å²) in [6, 6.07) is 0. The van der Waals surface area contributed by atoms with Gasteiger partial charge in [-0.3, -0.25) is 0 Å². The van der Waals surface area contributed by atoms with E-state index >= 15 is 0 Å². The molecule has 6 nitrogen and oxygen atoms in total. The van der Waals surface area contributed by atoms with E-state index in [-0.39, 0.29) is 13.0 Å². The van der Waals surface area contributed by atoms with E-state index in [0.717, 1.165) is 0 Å². The summed E-state index contributed by atoms with van der Waals surface area (Å²) >= 11 is 0. The lowest BCUT2D eigenvalue weighted by Gasteiger charge is -2.14. The molecule has 0 aliphatic carbocycles. The molecule has 1 heterocycles. The van der Waals surface area contributed by atoms with Crippen LogP contribution in [0.25, 0.3) is 0 Å². The molecule has 0 unspecified atom stereocenters. The smallest absolute Gasteiger partial charge is 0.463 e. The molecule has 0 spiro atoms. The van der Waals surface area contributed by atoms with Crippen LogP contribution in [0.1, 0.15) is 27.2 Å². The van der Waals surface area contributed by atoms with Crippen LogP contribution in [0.3, 0.4) is 0 Å². The number of cyclic esters (lactones) is 2. The molecule has 0 radical (unpaired) electrons. The second kappa shape index (κ2) is 6.39. The standard InChI is InChI=1S/C12H18O6/c1-4-16-11(14)7(2)5-9-10(6-8(3)13)18-12(15)17-9/h5,8-10,13H,4,6H2,1-3H3/b7-5+/t8-,9-,10-/m0/s1. The number of hydrogen-bond acceptors (Lipinski definition) is 6. The Morgan fingerprint density at radius 2 is 2.22 bits per heavy atom. The Morgan fingerprint density at radius 3 is 2.78 bits per heavy atom. The van der Waals surface area contributed by atoms with Gasteiger partial charge in [-0.2, -0.15) is 0 Å². The minimum absolute atomic E-state index is 0.253. The van der Waals surface area contributed by atoms with Crippen LogP contribution in [-0.2, 0) is 19.0 Å². The van der Waals surface area contributed by atoms with Gasteiger partial charge in [-0.05, 0) is 26.8 Å². The minimum Gasteiger partial charge on any atom is -0.463 e. The van der Waals surface area contributed by atoms with Crippen LogP contribution in [0.4, 0.5) is 4.79 Å². The van der Waals surface area contributed by atoms with Gasteiger partial charge in [0.1, 0.15) is 6.10 Å². The molecule has 102 valence electrons. The number of carbonyl (C=O) groups excluding carboxylic acids is 2. The van der Waals surface area contributed by atoms with Gasteiger partial charge < -0.3 is 19.3 Å². The third-order valence-electron chi connectivity index (χ3n) is 2.43. The molecule has 3 atom stereocenters. The van der Waals surface area contributed by atoms with Crippen molar-refractivity contribution in [2.45, 2.75) is 45.5 Å². The molecular weight excluding hydrogens is 240 g/mol. The highest BCUT2D eigenvalue weighted by molar-refractivity contribution is 5.87. The van der Waals surface area contributed by atoms with Crippen molar-refractivity contribution < 1.29 is 28.9 Å². The molecule has 0 aromatic carbocycles. The molecule has 0 aromatic rings. The zero-order chi connectivity index (χ0) is 13.7. The third-order valence-corrected chi connectivity index (χ3v) is 2.43. The average molecular weight is 258 g/mol. The van der Waals surface area contributed by atoms with Crippen molar-refractivity contribution >= 4 is 12.1 Å². The number of aliphatic hydroxyl groups is 1. The molecule has 0 bridgehead atoms. The number of aliphatic hydroxyl groups excluding tert-OH is 1. The van der Waals surface area contributed by atoms with Crippen molar-refractivity contribution in [1.29, 1.82) is 0 Å². The second-order valence-electron chi connectivity index (χ2n) is 4.14. The third kappa shape index (κ3) is 4.03. The minimum atomic E-state index is -0.793. The highest BCUT2D eigenvalue weighted by atomic mass is 16.8. The van der Waals surface area contributed by atoms with Gasteiger partial charge >= 0.3 is 12.1 Å². The first-order valence-corrected chi connectivity index (χ1v) is 5.85. The van der Waals surface area contributed by atoms with Crippen molar-refractivity contribution in [3.05, 3.63) is 11.6 Å².